The number of nitriles is 1. The number of halogens is 2. The van der Waals surface area contributed by atoms with Crippen LogP contribution in [0, 0.1) is 11.3 Å². The average Bonchev–Trinajstić information content (AvgIpc) is 3.00. The molecular weight excluding hydrogens is 600 g/mol. The number of nitrogens with zero attached hydrogens (tertiary/aromatic N) is 1. The van der Waals surface area contributed by atoms with E-state index < -0.39 is 5.91 Å². The third kappa shape index (κ3) is 7.34. The van der Waals surface area contributed by atoms with Crippen LogP contribution in [0.4, 0.5) is 5.69 Å². The molecule has 5 aromatic carbocycles. The molecule has 0 bridgehead atoms. The van der Waals surface area contributed by atoms with Gasteiger partial charge in [-0.15, -0.1) is 0 Å². The molecule has 7 heteroatoms. The van der Waals surface area contributed by atoms with Crippen molar-refractivity contribution >= 4 is 56.0 Å². The van der Waals surface area contributed by atoms with Crippen molar-refractivity contribution in [1.29, 1.82) is 5.26 Å². The normalized spacial score (nSPS) is 11.1. The van der Waals surface area contributed by atoms with Crippen molar-refractivity contribution < 1.29 is 14.3 Å². The van der Waals surface area contributed by atoms with Gasteiger partial charge in [-0.1, -0.05) is 82.1 Å². The fourth-order valence-corrected chi connectivity index (χ4v) is 4.56. The van der Waals surface area contributed by atoms with Crippen molar-refractivity contribution in [2.75, 3.05) is 5.32 Å². The number of amides is 1. The molecule has 0 fully saturated rings. The number of benzene rings is 5. The first-order valence-electron chi connectivity index (χ1n) is 12.8. The number of hydrogen-bond donors (Lipinski definition) is 1. The summed E-state index contributed by atoms with van der Waals surface area (Å²) in [6.45, 7) is 0.731. The zero-order valence-electron chi connectivity index (χ0n) is 21.8. The minimum atomic E-state index is -0.519. The molecule has 1 amide bonds. The Kier molecular flexibility index (Phi) is 9.00. The van der Waals surface area contributed by atoms with Crippen LogP contribution >= 0.6 is 27.5 Å². The van der Waals surface area contributed by atoms with Crippen LogP contribution < -0.4 is 14.8 Å². The summed E-state index contributed by atoms with van der Waals surface area (Å²) in [4.78, 5) is 13.1. The summed E-state index contributed by atoms with van der Waals surface area (Å²) < 4.78 is 13.0. The van der Waals surface area contributed by atoms with Crippen molar-refractivity contribution in [3.63, 3.8) is 0 Å². The van der Waals surface area contributed by atoms with Crippen LogP contribution in [-0.2, 0) is 18.0 Å². The molecule has 0 atom stereocenters. The molecule has 0 aliphatic rings. The Balaban J connectivity index is 1.33. The second-order valence-electron chi connectivity index (χ2n) is 9.18. The summed E-state index contributed by atoms with van der Waals surface area (Å²) in [5.41, 5.74) is 3.15. The Hall–Kier alpha value is -4.57. The van der Waals surface area contributed by atoms with E-state index in [0.29, 0.717) is 41.0 Å². The van der Waals surface area contributed by atoms with Crippen molar-refractivity contribution in [2.24, 2.45) is 0 Å². The number of hydrogen-bond acceptors (Lipinski definition) is 4. The van der Waals surface area contributed by atoms with E-state index in [9.17, 15) is 10.1 Å². The van der Waals surface area contributed by atoms with Gasteiger partial charge in [0, 0.05) is 20.7 Å². The summed E-state index contributed by atoms with van der Waals surface area (Å²) in [7, 11) is 0. The molecule has 202 valence electrons. The Morgan fingerprint density at radius 3 is 2.20 bits per heavy atom. The van der Waals surface area contributed by atoms with E-state index in [0.717, 1.165) is 26.4 Å². The molecule has 0 aromatic heterocycles. The number of ether oxygens (including phenoxy) is 2. The lowest BCUT2D eigenvalue weighted by atomic mass is 10.0. The van der Waals surface area contributed by atoms with Gasteiger partial charge in [0.1, 0.15) is 36.4 Å². The number of anilines is 1. The lowest BCUT2D eigenvalue weighted by Crippen LogP contribution is -2.13. The Morgan fingerprint density at radius 1 is 0.829 bits per heavy atom. The number of carbonyl (C=O) groups is 1. The van der Waals surface area contributed by atoms with Gasteiger partial charge in [-0.25, -0.2) is 0 Å². The van der Waals surface area contributed by atoms with Crippen LogP contribution in [-0.4, -0.2) is 5.91 Å². The molecule has 0 unspecified atom stereocenters. The first kappa shape index (κ1) is 28.0. The van der Waals surface area contributed by atoms with Crippen molar-refractivity contribution in [3.05, 3.63) is 141 Å². The molecule has 41 heavy (non-hydrogen) atoms. The highest BCUT2D eigenvalue weighted by Crippen LogP contribution is 2.31. The minimum absolute atomic E-state index is 0.0436. The predicted octanol–water partition coefficient (Wildman–Crippen LogP) is 8.96. The molecule has 5 rings (SSSR count). The molecule has 0 aliphatic carbocycles. The van der Waals surface area contributed by atoms with Gasteiger partial charge in [0.15, 0.2) is 0 Å². The van der Waals surface area contributed by atoms with E-state index >= 15 is 0 Å². The zero-order valence-corrected chi connectivity index (χ0v) is 24.2. The van der Waals surface area contributed by atoms with E-state index in [1.54, 1.807) is 30.3 Å². The topological polar surface area (TPSA) is 71.3 Å². The molecular formula is C34H24BrClN2O3. The highest BCUT2D eigenvalue weighted by molar-refractivity contribution is 9.10. The molecule has 5 aromatic rings. The standard InChI is InChI=1S/C34H24BrClN2O3/c35-27-10-5-23(6-11-27)22-41-33-18-9-25-3-1-2-4-31(25)32(33)19-26(20-37)34(39)38-29-14-16-30(17-15-29)40-21-24-7-12-28(36)13-8-24/h1-19H,21-22H2,(H,38,39)/b26-19+. The van der Waals surface area contributed by atoms with Gasteiger partial charge in [-0.2, -0.15) is 5.26 Å². The molecule has 0 spiro atoms. The van der Waals surface area contributed by atoms with Gasteiger partial charge < -0.3 is 14.8 Å². The maximum atomic E-state index is 13.1. The summed E-state index contributed by atoms with van der Waals surface area (Å²) in [5.74, 6) is 0.709. The van der Waals surface area contributed by atoms with E-state index in [-0.39, 0.29) is 5.57 Å². The third-order valence-corrected chi connectivity index (χ3v) is 7.10. The summed E-state index contributed by atoms with van der Waals surface area (Å²) >= 11 is 9.38. The van der Waals surface area contributed by atoms with Gasteiger partial charge in [-0.05, 0) is 82.6 Å². The highest BCUT2D eigenvalue weighted by atomic mass is 79.9. The minimum Gasteiger partial charge on any atom is -0.489 e. The van der Waals surface area contributed by atoms with Crippen LogP contribution in [0.5, 0.6) is 11.5 Å². The van der Waals surface area contributed by atoms with Crippen LogP contribution in [0.1, 0.15) is 16.7 Å². The predicted molar refractivity (Wildman–Crippen MR) is 167 cm³/mol. The first-order chi connectivity index (χ1) is 20.0. The number of fused-ring (bicyclic) bond motifs is 1. The SMILES string of the molecule is N#C/C(=C\c1c(OCc2ccc(Br)cc2)ccc2ccccc12)C(=O)Nc1ccc(OCc2ccc(Cl)cc2)cc1. The van der Waals surface area contributed by atoms with E-state index in [2.05, 4.69) is 27.3 Å². The third-order valence-electron chi connectivity index (χ3n) is 6.32. The lowest BCUT2D eigenvalue weighted by molar-refractivity contribution is -0.112. The summed E-state index contributed by atoms with van der Waals surface area (Å²) in [6.07, 6.45) is 1.58. The summed E-state index contributed by atoms with van der Waals surface area (Å²) in [6, 6.07) is 36.0. The van der Waals surface area contributed by atoms with E-state index in [4.69, 9.17) is 21.1 Å². The Bertz CT molecular complexity index is 1740. The smallest absolute Gasteiger partial charge is 0.266 e. The van der Waals surface area contributed by atoms with Crippen molar-refractivity contribution in [2.45, 2.75) is 13.2 Å². The second kappa shape index (κ2) is 13.2. The van der Waals surface area contributed by atoms with Gasteiger partial charge in [-0.3, -0.25) is 4.79 Å². The van der Waals surface area contributed by atoms with Crippen LogP contribution in [0.15, 0.2) is 119 Å². The molecule has 0 saturated heterocycles. The van der Waals surface area contributed by atoms with Gasteiger partial charge >= 0.3 is 0 Å². The monoisotopic (exact) mass is 622 g/mol. The maximum Gasteiger partial charge on any atom is 0.266 e. The van der Waals surface area contributed by atoms with Crippen LogP contribution in [0.2, 0.25) is 5.02 Å². The van der Waals surface area contributed by atoms with Crippen LogP contribution in [0.3, 0.4) is 0 Å². The lowest BCUT2D eigenvalue weighted by Gasteiger charge is -2.13. The molecule has 0 aliphatic heterocycles. The van der Waals surface area contributed by atoms with Gasteiger partial charge in [0.2, 0.25) is 0 Å². The second-order valence-corrected chi connectivity index (χ2v) is 10.5. The quantitative estimate of drug-likeness (QED) is 0.131. The van der Waals surface area contributed by atoms with Gasteiger partial charge in [0.25, 0.3) is 5.91 Å². The fraction of sp³-hybridized carbons (Fsp3) is 0.0588. The zero-order chi connectivity index (χ0) is 28.6. The van der Waals surface area contributed by atoms with Crippen molar-refractivity contribution in [3.8, 4) is 17.6 Å². The maximum absolute atomic E-state index is 13.1. The largest absolute Gasteiger partial charge is 0.489 e. The molecule has 0 radical (unpaired) electrons. The number of rotatable bonds is 9. The Labute approximate surface area is 251 Å². The first-order valence-corrected chi connectivity index (χ1v) is 13.9. The molecule has 5 nitrogen and oxygen atoms in total. The van der Waals surface area contributed by atoms with Gasteiger partial charge in [0.05, 0.1) is 0 Å². The van der Waals surface area contributed by atoms with E-state index in [1.165, 1.54) is 0 Å². The molecule has 0 saturated carbocycles. The van der Waals surface area contributed by atoms with Crippen molar-refractivity contribution in [1.82, 2.24) is 0 Å². The molecule has 0 heterocycles. The Morgan fingerprint density at radius 2 is 1.49 bits per heavy atom. The number of nitrogens with one attached hydrogen (secondary N) is 1. The highest BCUT2D eigenvalue weighted by Gasteiger charge is 2.14. The fourth-order valence-electron chi connectivity index (χ4n) is 4.17. The number of carbonyl (C=O) groups excluding carboxylic acids is 1. The summed E-state index contributed by atoms with van der Waals surface area (Å²) in [5, 5.41) is 15.2. The van der Waals surface area contributed by atoms with Crippen LogP contribution in [0.25, 0.3) is 16.8 Å². The molecule has 1 N–H and O–H groups in total. The average molecular weight is 624 g/mol. The van der Waals surface area contributed by atoms with E-state index in [1.807, 2.05) is 84.9 Å².